The Morgan fingerprint density at radius 2 is 1.55 bits per heavy atom. The lowest BCUT2D eigenvalue weighted by molar-refractivity contribution is -0.128. The third kappa shape index (κ3) is 8.21. The molecule has 154 valence electrons. The molecule has 2 aromatic carbocycles. The zero-order chi connectivity index (χ0) is 20.9. The highest BCUT2D eigenvalue weighted by molar-refractivity contribution is 5.91. The Bertz CT molecular complexity index is 791. The molecule has 0 amide bonds. The van der Waals surface area contributed by atoms with Gasteiger partial charge in [0.1, 0.15) is 11.5 Å². The summed E-state index contributed by atoms with van der Waals surface area (Å²) in [5.74, 6) is 0.373. The Balaban J connectivity index is 1.80. The van der Waals surface area contributed by atoms with E-state index < -0.39 is 5.97 Å². The molecule has 0 N–H and O–H groups in total. The third-order valence-corrected chi connectivity index (χ3v) is 4.14. The zero-order valence-electron chi connectivity index (χ0n) is 17.1. The van der Waals surface area contributed by atoms with E-state index in [1.807, 2.05) is 0 Å². The van der Waals surface area contributed by atoms with Crippen LogP contribution >= 0.6 is 0 Å². The molecule has 0 fully saturated rings. The largest absolute Gasteiger partial charge is 0.494 e. The molecule has 0 saturated carbocycles. The van der Waals surface area contributed by atoms with Crippen molar-refractivity contribution in [1.29, 1.82) is 0 Å². The van der Waals surface area contributed by atoms with Crippen LogP contribution in [0.1, 0.15) is 55.5 Å². The molecule has 0 aliphatic heterocycles. The molecule has 0 aliphatic rings. The number of ether oxygens (including phenoxy) is 3. The molecule has 0 heterocycles. The zero-order valence-corrected chi connectivity index (χ0v) is 17.1. The van der Waals surface area contributed by atoms with Crippen LogP contribution in [0, 0.1) is 0 Å². The van der Waals surface area contributed by atoms with Gasteiger partial charge in [-0.2, -0.15) is 0 Å². The first-order valence-corrected chi connectivity index (χ1v) is 10.0. The Hall–Kier alpha value is -3.08. The SMILES string of the molecule is CCCCCCOc1ccc(OC(=O)/C=C/c2ccc(C(=O)OCC)cc2)cc1. The lowest BCUT2D eigenvalue weighted by Crippen LogP contribution is -2.04. The van der Waals surface area contributed by atoms with Gasteiger partial charge < -0.3 is 14.2 Å². The summed E-state index contributed by atoms with van der Waals surface area (Å²) in [6, 6.07) is 13.8. The molecule has 0 aromatic heterocycles. The maximum Gasteiger partial charge on any atom is 0.338 e. The van der Waals surface area contributed by atoms with Gasteiger partial charge in [0.05, 0.1) is 18.8 Å². The van der Waals surface area contributed by atoms with Crippen LogP contribution in [-0.2, 0) is 9.53 Å². The second-order valence-corrected chi connectivity index (χ2v) is 6.48. The van der Waals surface area contributed by atoms with Gasteiger partial charge in [-0.15, -0.1) is 0 Å². The summed E-state index contributed by atoms with van der Waals surface area (Å²) < 4.78 is 15.9. The van der Waals surface area contributed by atoms with Gasteiger partial charge in [-0.25, -0.2) is 9.59 Å². The summed E-state index contributed by atoms with van der Waals surface area (Å²) in [7, 11) is 0. The van der Waals surface area contributed by atoms with Crippen LogP contribution < -0.4 is 9.47 Å². The van der Waals surface area contributed by atoms with E-state index in [1.54, 1.807) is 61.5 Å². The van der Waals surface area contributed by atoms with Gasteiger partial charge in [-0.3, -0.25) is 0 Å². The number of carbonyl (C=O) groups is 2. The van der Waals surface area contributed by atoms with E-state index in [9.17, 15) is 9.59 Å². The highest BCUT2D eigenvalue weighted by atomic mass is 16.5. The molecule has 0 saturated heterocycles. The quantitative estimate of drug-likeness (QED) is 0.219. The van der Waals surface area contributed by atoms with Crippen molar-refractivity contribution in [3.05, 3.63) is 65.7 Å². The van der Waals surface area contributed by atoms with E-state index in [1.165, 1.54) is 25.3 Å². The molecule has 2 rings (SSSR count). The molecule has 0 unspecified atom stereocenters. The molecule has 29 heavy (non-hydrogen) atoms. The van der Waals surface area contributed by atoms with Gasteiger partial charge in [0.25, 0.3) is 0 Å². The molecule has 5 nitrogen and oxygen atoms in total. The summed E-state index contributed by atoms with van der Waals surface area (Å²) in [6.07, 6.45) is 7.61. The third-order valence-electron chi connectivity index (χ3n) is 4.14. The van der Waals surface area contributed by atoms with Crippen LogP contribution in [0.25, 0.3) is 6.08 Å². The van der Waals surface area contributed by atoms with Crippen molar-refractivity contribution in [2.75, 3.05) is 13.2 Å². The fourth-order valence-electron chi connectivity index (χ4n) is 2.58. The molecule has 0 spiro atoms. The van der Waals surface area contributed by atoms with Gasteiger partial charge in [0, 0.05) is 6.08 Å². The average molecular weight is 396 g/mol. The predicted octanol–water partition coefficient (Wildman–Crippen LogP) is 5.44. The second-order valence-electron chi connectivity index (χ2n) is 6.48. The topological polar surface area (TPSA) is 61.8 Å². The van der Waals surface area contributed by atoms with Crippen molar-refractivity contribution < 1.29 is 23.8 Å². The number of unbranched alkanes of at least 4 members (excludes halogenated alkanes) is 3. The highest BCUT2D eigenvalue weighted by Crippen LogP contribution is 2.18. The molecular formula is C24H28O5. The Kier molecular flexibility index (Phi) is 9.49. The number of hydrogen-bond donors (Lipinski definition) is 0. The second kappa shape index (κ2) is 12.4. The minimum absolute atomic E-state index is 0.332. The van der Waals surface area contributed by atoms with Crippen molar-refractivity contribution in [2.24, 2.45) is 0 Å². The van der Waals surface area contributed by atoms with Gasteiger partial charge >= 0.3 is 11.9 Å². The van der Waals surface area contributed by atoms with Crippen molar-refractivity contribution in [3.63, 3.8) is 0 Å². The Morgan fingerprint density at radius 3 is 2.21 bits per heavy atom. The predicted molar refractivity (Wildman–Crippen MR) is 113 cm³/mol. The number of benzene rings is 2. The molecule has 0 aliphatic carbocycles. The normalized spacial score (nSPS) is 10.7. The van der Waals surface area contributed by atoms with Crippen molar-refractivity contribution in [1.82, 2.24) is 0 Å². The van der Waals surface area contributed by atoms with Crippen LogP contribution in [0.2, 0.25) is 0 Å². The summed E-state index contributed by atoms with van der Waals surface area (Å²) in [6.45, 7) is 4.96. The summed E-state index contributed by atoms with van der Waals surface area (Å²) in [4.78, 5) is 23.6. The van der Waals surface area contributed by atoms with Crippen molar-refractivity contribution >= 4 is 18.0 Å². The molecule has 2 aromatic rings. The first kappa shape index (κ1) is 22.2. The summed E-state index contributed by atoms with van der Waals surface area (Å²) in [5.41, 5.74) is 1.25. The molecule has 5 heteroatoms. The first-order chi connectivity index (χ1) is 14.1. The van der Waals surface area contributed by atoms with Gasteiger partial charge in [-0.05, 0) is 61.4 Å². The smallest absolute Gasteiger partial charge is 0.338 e. The standard InChI is InChI=1S/C24H28O5/c1-3-5-6-7-18-28-21-13-15-22(16-14-21)29-23(25)17-10-19-8-11-20(12-9-19)24(26)27-4-2/h8-17H,3-7,18H2,1-2H3/b17-10+. The molecular weight excluding hydrogens is 368 g/mol. The fraction of sp³-hybridized carbons (Fsp3) is 0.333. The van der Waals surface area contributed by atoms with E-state index >= 15 is 0 Å². The maximum atomic E-state index is 12.0. The minimum Gasteiger partial charge on any atom is -0.494 e. The van der Waals surface area contributed by atoms with E-state index in [2.05, 4.69) is 6.92 Å². The monoisotopic (exact) mass is 396 g/mol. The van der Waals surface area contributed by atoms with Crippen LogP contribution in [0.4, 0.5) is 0 Å². The highest BCUT2D eigenvalue weighted by Gasteiger charge is 2.05. The fourth-order valence-corrected chi connectivity index (χ4v) is 2.58. The van der Waals surface area contributed by atoms with Gasteiger partial charge in [-0.1, -0.05) is 38.3 Å². The van der Waals surface area contributed by atoms with Gasteiger partial charge in [0.15, 0.2) is 0 Å². The van der Waals surface area contributed by atoms with Crippen molar-refractivity contribution in [3.8, 4) is 11.5 Å². The lowest BCUT2D eigenvalue weighted by atomic mass is 10.1. The first-order valence-electron chi connectivity index (χ1n) is 10.0. The minimum atomic E-state index is -0.479. The molecule has 0 radical (unpaired) electrons. The van der Waals surface area contributed by atoms with Gasteiger partial charge in [0.2, 0.25) is 0 Å². The maximum absolute atomic E-state index is 12.0. The summed E-state index contributed by atoms with van der Waals surface area (Å²) in [5, 5.41) is 0. The van der Waals surface area contributed by atoms with Crippen LogP contribution in [0.5, 0.6) is 11.5 Å². The van der Waals surface area contributed by atoms with E-state index in [0.717, 1.165) is 17.7 Å². The summed E-state index contributed by atoms with van der Waals surface area (Å²) >= 11 is 0. The Morgan fingerprint density at radius 1 is 0.862 bits per heavy atom. The van der Waals surface area contributed by atoms with E-state index in [4.69, 9.17) is 14.2 Å². The number of carbonyl (C=O) groups excluding carboxylic acids is 2. The van der Waals surface area contributed by atoms with Crippen LogP contribution in [-0.4, -0.2) is 25.2 Å². The number of rotatable bonds is 11. The molecule has 0 atom stereocenters. The molecule has 0 bridgehead atoms. The Labute approximate surface area is 172 Å². The van der Waals surface area contributed by atoms with Crippen LogP contribution in [0.3, 0.4) is 0 Å². The van der Waals surface area contributed by atoms with E-state index in [-0.39, 0.29) is 5.97 Å². The van der Waals surface area contributed by atoms with E-state index in [0.29, 0.717) is 24.5 Å². The van der Waals surface area contributed by atoms with Crippen molar-refractivity contribution in [2.45, 2.75) is 39.5 Å². The van der Waals surface area contributed by atoms with Crippen LogP contribution in [0.15, 0.2) is 54.6 Å². The number of hydrogen-bond acceptors (Lipinski definition) is 5. The number of esters is 2. The lowest BCUT2D eigenvalue weighted by Gasteiger charge is -2.07. The average Bonchev–Trinajstić information content (AvgIpc) is 2.74.